The van der Waals surface area contributed by atoms with Crippen molar-refractivity contribution >= 4 is 40.3 Å². The SMILES string of the molecule is COc1ccc(Nc2nn(C[NH+](C)CC(=O)NC(C)C)c(=S)s2)cc1. The van der Waals surface area contributed by atoms with Gasteiger partial charge in [-0.15, -0.1) is 5.10 Å². The summed E-state index contributed by atoms with van der Waals surface area (Å²) in [6.07, 6.45) is 0. The number of nitrogens with zero attached hydrogens (tertiary/aromatic N) is 2. The summed E-state index contributed by atoms with van der Waals surface area (Å²) in [5.41, 5.74) is 0.911. The molecule has 0 aliphatic heterocycles. The number of anilines is 2. The number of rotatable bonds is 8. The average Bonchev–Trinajstić information content (AvgIpc) is 2.86. The molecule has 2 rings (SSSR count). The molecule has 1 aromatic carbocycles. The maximum atomic E-state index is 11.8. The third-order valence-electron chi connectivity index (χ3n) is 3.28. The van der Waals surface area contributed by atoms with Crippen LogP contribution in [0.2, 0.25) is 0 Å². The van der Waals surface area contributed by atoms with Gasteiger partial charge >= 0.3 is 0 Å². The van der Waals surface area contributed by atoms with E-state index in [1.807, 2.05) is 45.2 Å². The molecular weight excluding hydrogens is 358 g/mol. The van der Waals surface area contributed by atoms with Crippen LogP contribution >= 0.6 is 23.6 Å². The smallest absolute Gasteiger partial charge is 0.275 e. The van der Waals surface area contributed by atoms with Crippen molar-refractivity contribution in [1.29, 1.82) is 0 Å². The first-order valence-electron chi connectivity index (χ1n) is 7.97. The number of likely N-dealkylation sites (N-methyl/N-ethyl adjacent to an activating group) is 1. The second-order valence-corrected chi connectivity index (χ2v) is 7.66. The van der Waals surface area contributed by atoms with Crippen LogP contribution < -0.4 is 20.3 Å². The summed E-state index contributed by atoms with van der Waals surface area (Å²) in [6, 6.07) is 7.73. The topological polar surface area (TPSA) is 72.6 Å². The fraction of sp³-hybridized carbons (Fsp3) is 0.438. The lowest BCUT2D eigenvalue weighted by molar-refractivity contribution is -0.895. The van der Waals surface area contributed by atoms with Gasteiger partial charge in [0.05, 0.1) is 14.2 Å². The number of amides is 1. The maximum Gasteiger partial charge on any atom is 0.275 e. The number of aromatic nitrogens is 2. The third-order valence-corrected chi connectivity index (χ3v) is 4.50. The summed E-state index contributed by atoms with van der Waals surface area (Å²) in [5, 5.41) is 11.3. The van der Waals surface area contributed by atoms with Gasteiger partial charge in [0.1, 0.15) is 5.75 Å². The molecule has 2 aromatic rings. The monoisotopic (exact) mass is 382 g/mol. The van der Waals surface area contributed by atoms with Gasteiger partial charge in [-0.25, -0.2) is 0 Å². The van der Waals surface area contributed by atoms with E-state index in [1.165, 1.54) is 11.3 Å². The molecule has 0 aliphatic carbocycles. The Morgan fingerprint density at radius 3 is 2.68 bits per heavy atom. The molecule has 0 saturated carbocycles. The van der Waals surface area contributed by atoms with Crippen molar-refractivity contribution in [2.75, 3.05) is 26.0 Å². The minimum atomic E-state index is 0.0193. The van der Waals surface area contributed by atoms with E-state index in [4.69, 9.17) is 17.0 Å². The van der Waals surface area contributed by atoms with E-state index >= 15 is 0 Å². The molecule has 1 heterocycles. The summed E-state index contributed by atoms with van der Waals surface area (Å²) in [4.78, 5) is 12.8. The van der Waals surface area contributed by atoms with Crippen LogP contribution in [-0.2, 0) is 11.5 Å². The van der Waals surface area contributed by atoms with Crippen molar-refractivity contribution in [3.8, 4) is 5.75 Å². The Labute approximate surface area is 156 Å². The molecule has 1 atom stereocenters. The second kappa shape index (κ2) is 8.93. The van der Waals surface area contributed by atoms with Gasteiger partial charge < -0.3 is 20.3 Å². The minimum absolute atomic E-state index is 0.0193. The van der Waals surface area contributed by atoms with Crippen LogP contribution in [0.3, 0.4) is 0 Å². The molecule has 25 heavy (non-hydrogen) atoms. The van der Waals surface area contributed by atoms with Gasteiger partial charge in [0.15, 0.2) is 17.2 Å². The van der Waals surface area contributed by atoms with Gasteiger partial charge in [-0.2, -0.15) is 4.68 Å². The van der Waals surface area contributed by atoms with Gasteiger partial charge in [0.25, 0.3) is 5.91 Å². The van der Waals surface area contributed by atoms with Crippen molar-refractivity contribution in [3.63, 3.8) is 0 Å². The van der Waals surface area contributed by atoms with Crippen molar-refractivity contribution < 1.29 is 14.4 Å². The summed E-state index contributed by atoms with van der Waals surface area (Å²) in [6.45, 7) is 4.80. The van der Waals surface area contributed by atoms with E-state index in [2.05, 4.69) is 15.7 Å². The van der Waals surface area contributed by atoms with E-state index in [9.17, 15) is 4.79 Å². The number of nitrogens with one attached hydrogen (secondary N) is 3. The second-order valence-electron chi connectivity index (χ2n) is 6.04. The average molecular weight is 383 g/mol. The number of hydrogen-bond acceptors (Lipinski definition) is 6. The van der Waals surface area contributed by atoms with Gasteiger partial charge in [0.2, 0.25) is 5.13 Å². The Balaban J connectivity index is 1.96. The molecule has 1 amide bonds. The molecule has 0 spiro atoms. The molecule has 0 aliphatic rings. The molecular formula is C16H24N5O2S2+. The summed E-state index contributed by atoms with van der Waals surface area (Å²) < 4.78 is 7.55. The molecule has 3 N–H and O–H groups in total. The van der Waals surface area contributed by atoms with Crippen LogP contribution in [0.5, 0.6) is 5.75 Å². The van der Waals surface area contributed by atoms with Crippen LogP contribution in [-0.4, -0.2) is 42.4 Å². The van der Waals surface area contributed by atoms with Crippen molar-refractivity contribution in [3.05, 3.63) is 28.2 Å². The standard InChI is InChI=1S/C16H23N5O2S2/c1-11(2)17-14(22)9-20(3)10-21-16(24)25-15(19-21)18-12-5-7-13(23-4)8-6-12/h5-8,11H,9-10H2,1-4H3,(H,17,22)(H,18,19)/p+1. The van der Waals surface area contributed by atoms with Gasteiger partial charge in [0, 0.05) is 11.7 Å². The lowest BCUT2D eigenvalue weighted by Crippen LogP contribution is -3.09. The zero-order valence-corrected chi connectivity index (χ0v) is 16.5. The first kappa shape index (κ1) is 19.4. The Hall–Kier alpha value is -1.97. The lowest BCUT2D eigenvalue weighted by Gasteiger charge is -2.14. The predicted octanol–water partition coefficient (Wildman–Crippen LogP) is 1.42. The number of carbonyl (C=O) groups is 1. The van der Waals surface area contributed by atoms with Crippen molar-refractivity contribution in [1.82, 2.24) is 15.1 Å². The summed E-state index contributed by atoms with van der Waals surface area (Å²) >= 11 is 6.78. The molecule has 0 bridgehead atoms. The molecule has 0 fully saturated rings. The Morgan fingerprint density at radius 2 is 2.08 bits per heavy atom. The molecule has 7 nitrogen and oxygen atoms in total. The van der Waals surface area contributed by atoms with Crippen LogP contribution in [0.25, 0.3) is 0 Å². The number of ether oxygens (including phenoxy) is 1. The van der Waals surface area contributed by atoms with E-state index in [0.29, 0.717) is 17.2 Å². The molecule has 9 heteroatoms. The van der Waals surface area contributed by atoms with E-state index < -0.39 is 0 Å². The van der Waals surface area contributed by atoms with Gasteiger partial charge in [-0.3, -0.25) is 4.79 Å². The highest BCUT2D eigenvalue weighted by Crippen LogP contribution is 2.22. The Bertz CT molecular complexity index is 755. The lowest BCUT2D eigenvalue weighted by atomic mass is 10.3. The zero-order valence-electron chi connectivity index (χ0n) is 14.8. The normalized spacial score (nSPS) is 12.0. The summed E-state index contributed by atoms with van der Waals surface area (Å²) in [7, 11) is 3.58. The van der Waals surface area contributed by atoms with Crippen molar-refractivity contribution in [2.24, 2.45) is 0 Å². The largest absolute Gasteiger partial charge is 0.497 e. The minimum Gasteiger partial charge on any atom is -0.497 e. The maximum absolute atomic E-state index is 11.8. The number of quaternary nitrogens is 1. The Morgan fingerprint density at radius 1 is 1.40 bits per heavy atom. The van der Waals surface area contributed by atoms with Crippen LogP contribution in [0.1, 0.15) is 13.8 Å². The first-order valence-corrected chi connectivity index (χ1v) is 9.19. The number of carbonyl (C=O) groups excluding carboxylic acids is 1. The number of benzene rings is 1. The van der Waals surface area contributed by atoms with E-state index in [0.717, 1.165) is 21.5 Å². The number of hydrogen-bond donors (Lipinski definition) is 3. The van der Waals surface area contributed by atoms with E-state index in [1.54, 1.807) is 11.8 Å². The predicted molar refractivity (Wildman–Crippen MR) is 102 cm³/mol. The molecule has 1 aromatic heterocycles. The zero-order chi connectivity index (χ0) is 18.4. The molecule has 0 radical (unpaired) electrons. The van der Waals surface area contributed by atoms with E-state index in [-0.39, 0.29) is 11.9 Å². The fourth-order valence-electron chi connectivity index (χ4n) is 2.21. The highest BCUT2D eigenvalue weighted by molar-refractivity contribution is 7.73. The highest BCUT2D eigenvalue weighted by atomic mass is 32.1. The van der Waals surface area contributed by atoms with Crippen molar-refractivity contribution in [2.45, 2.75) is 26.6 Å². The molecule has 1 unspecified atom stereocenters. The summed E-state index contributed by atoms with van der Waals surface area (Å²) in [5.74, 6) is 0.819. The molecule has 0 saturated heterocycles. The van der Waals surface area contributed by atoms with Crippen LogP contribution in [0.15, 0.2) is 24.3 Å². The fourth-order valence-corrected chi connectivity index (χ4v) is 3.24. The quantitative estimate of drug-likeness (QED) is 0.603. The Kier molecular flexibility index (Phi) is 6.91. The van der Waals surface area contributed by atoms with Gasteiger partial charge in [-0.1, -0.05) is 11.3 Å². The highest BCUT2D eigenvalue weighted by Gasteiger charge is 2.13. The van der Waals surface area contributed by atoms with Crippen LogP contribution in [0, 0.1) is 3.95 Å². The van der Waals surface area contributed by atoms with Gasteiger partial charge in [-0.05, 0) is 50.3 Å². The van der Waals surface area contributed by atoms with Crippen LogP contribution in [0.4, 0.5) is 10.8 Å². The number of methoxy groups -OCH3 is 1. The molecule has 136 valence electrons. The first-order chi connectivity index (χ1) is 11.9. The third kappa shape index (κ3) is 6.11.